The Morgan fingerprint density at radius 1 is 1.03 bits per heavy atom. The van der Waals surface area contributed by atoms with Crippen LogP contribution >= 0.6 is 11.6 Å². The number of ether oxygens (including phenoxy) is 1. The average Bonchev–Trinajstić information content (AvgIpc) is 2.84. The number of nitrogens with zero attached hydrogens (tertiary/aromatic N) is 2. The summed E-state index contributed by atoms with van der Waals surface area (Å²) < 4.78 is 6.84. The minimum absolute atomic E-state index is 0.137. The van der Waals surface area contributed by atoms with Gasteiger partial charge in [0.05, 0.1) is 24.7 Å². The number of aryl methyl sites for hydroxylation is 1. The van der Waals surface area contributed by atoms with Crippen LogP contribution in [0.5, 0.6) is 5.75 Å². The Bertz CT molecular complexity index is 1330. The molecule has 0 radical (unpaired) electrons. The quantitative estimate of drug-likeness (QED) is 0.423. The third-order valence-corrected chi connectivity index (χ3v) is 5.62. The second kappa shape index (κ2) is 10.3. The van der Waals surface area contributed by atoms with E-state index in [0.29, 0.717) is 29.3 Å². The summed E-state index contributed by atoms with van der Waals surface area (Å²) in [5.74, 6) is 0.628. The van der Waals surface area contributed by atoms with Gasteiger partial charge in [-0.15, -0.1) is 0 Å². The van der Waals surface area contributed by atoms with Crippen molar-refractivity contribution in [3.8, 4) is 5.75 Å². The zero-order valence-electron chi connectivity index (χ0n) is 18.3. The van der Waals surface area contributed by atoms with Crippen molar-refractivity contribution in [2.75, 3.05) is 7.11 Å². The number of hydrogen-bond donors (Lipinski definition) is 1. The lowest BCUT2D eigenvalue weighted by Crippen LogP contribution is -2.28. The number of carbonyl (C=O) groups is 1. The molecule has 4 aromatic rings. The summed E-state index contributed by atoms with van der Waals surface area (Å²) in [7, 11) is 1.61. The summed E-state index contributed by atoms with van der Waals surface area (Å²) in [6.45, 7) is 0.784. The maximum Gasteiger partial charge on any atom is 0.273 e. The molecule has 1 heterocycles. The number of fused-ring (bicyclic) bond motifs is 1. The summed E-state index contributed by atoms with van der Waals surface area (Å²) >= 11 is 6.12. The molecule has 0 saturated carbocycles. The molecule has 0 atom stereocenters. The predicted molar refractivity (Wildman–Crippen MR) is 130 cm³/mol. The van der Waals surface area contributed by atoms with Gasteiger partial charge < -0.3 is 14.6 Å². The number of hydrogen-bond acceptors (Lipinski definition) is 4. The Hall–Kier alpha value is -3.64. The van der Waals surface area contributed by atoms with Crippen LogP contribution in [-0.2, 0) is 24.3 Å². The molecular formula is C26H24ClN3O3. The molecule has 0 spiro atoms. The highest BCUT2D eigenvalue weighted by Crippen LogP contribution is 2.16. The maximum absolute atomic E-state index is 13.2. The van der Waals surface area contributed by atoms with Crippen molar-refractivity contribution in [1.29, 1.82) is 0 Å². The fourth-order valence-corrected chi connectivity index (χ4v) is 3.86. The smallest absolute Gasteiger partial charge is 0.273 e. The number of benzene rings is 3. The number of halogens is 1. The minimum Gasteiger partial charge on any atom is -0.497 e. The predicted octanol–water partition coefficient (Wildman–Crippen LogP) is 4.36. The van der Waals surface area contributed by atoms with E-state index in [-0.39, 0.29) is 24.3 Å². The van der Waals surface area contributed by atoms with Gasteiger partial charge in [-0.25, -0.2) is 4.98 Å². The average molecular weight is 462 g/mol. The van der Waals surface area contributed by atoms with Crippen LogP contribution in [0.2, 0.25) is 5.02 Å². The zero-order valence-corrected chi connectivity index (χ0v) is 19.0. The summed E-state index contributed by atoms with van der Waals surface area (Å²) in [6.07, 6.45) is 0.432. The molecule has 3 aromatic carbocycles. The maximum atomic E-state index is 13.2. The van der Waals surface area contributed by atoms with Gasteiger partial charge in [-0.2, -0.15) is 0 Å². The van der Waals surface area contributed by atoms with E-state index in [1.165, 1.54) is 0 Å². The molecule has 0 bridgehead atoms. The summed E-state index contributed by atoms with van der Waals surface area (Å²) in [5.41, 5.74) is 3.52. The topological polar surface area (TPSA) is 73.2 Å². The molecular weight excluding hydrogens is 438 g/mol. The van der Waals surface area contributed by atoms with Crippen LogP contribution in [0.15, 0.2) is 77.6 Å². The standard InChI is InChI=1S/C26H24ClN3O3/c1-33-21-11-9-18(10-12-21)16-28-25(31)14-13-23-26(32)30(17-19-5-4-6-20(27)15-19)24-8-3-2-7-22(24)29-23/h2-12,15H,13-14,16-17H2,1H3,(H,28,31). The van der Waals surface area contributed by atoms with Crippen LogP contribution in [0.4, 0.5) is 0 Å². The van der Waals surface area contributed by atoms with E-state index in [2.05, 4.69) is 10.3 Å². The van der Waals surface area contributed by atoms with Crippen LogP contribution in [0.1, 0.15) is 23.2 Å². The first kappa shape index (κ1) is 22.6. The highest BCUT2D eigenvalue weighted by molar-refractivity contribution is 6.30. The number of methoxy groups -OCH3 is 1. The summed E-state index contributed by atoms with van der Waals surface area (Å²) in [5, 5.41) is 3.51. The van der Waals surface area contributed by atoms with Gasteiger partial charge in [0, 0.05) is 24.4 Å². The fraction of sp³-hybridized carbons (Fsp3) is 0.192. The number of para-hydroxylation sites is 2. The highest BCUT2D eigenvalue weighted by atomic mass is 35.5. The Morgan fingerprint density at radius 3 is 2.58 bits per heavy atom. The van der Waals surface area contributed by atoms with E-state index in [9.17, 15) is 9.59 Å². The van der Waals surface area contributed by atoms with E-state index in [1.54, 1.807) is 17.7 Å². The molecule has 1 amide bonds. The molecule has 0 aliphatic rings. The lowest BCUT2D eigenvalue weighted by Gasteiger charge is -2.13. The highest BCUT2D eigenvalue weighted by Gasteiger charge is 2.13. The second-order valence-electron chi connectivity index (χ2n) is 7.69. The van der Waals surface area contributed by atoms with Crippen LogP contribution < -0.4 is 15.6 Å². The third kappa shape index (κ3) is 5.59. The Labute approximate surface area is 196 Å². The van der Waals surface area contributed by atoms with Crippen LogP contribution in [0.25, 0.3) is 11.0 Å². The minimum atomic E-state index is -0.198. The molecule has 168 valence electrons. The molecule has 0 aliphatic carbocycles. The van der Waals surface area contributed by atoms with Crippen LogP contribution in [-0.4, -0.2) is 22.6 Å². The molecule has 7 heteroatoms. The molecule has 0 fully saturated rings. The van der Waals surface area contributed by atoms with Gasteiger partial charge >= 0.3 is 0 Å². The molecule has 33 heavy (non-hydrogen) atoms. The first-order chi connectivity index (χ1) is 16.0. The number of rotatable bonds is 8. The SMILES string of the molecule is COc1ccc(CNC(=O)CCc2nc3ccccc3n(Cc3cccc(Cl)c3)c2=O)cc1. The Morgan fingerprint density at radius 2 is 1.82 bits per heavy atom. The van der Waals surface area contributed by atoms with E-state index >= 15 is 0 Å². The number of nitrogens with one attached hydrogen (secondary N) is 1. The molecule has 4 rings (SSSR count). The monoisotopic (exact) mass is 461 g/mol. The van der Waals surface area contributed by atoms with Crippen LogP contribution in [0.3, 0.4) is 0 Å². The zero-order chi connectivity index (χ0) is 23.2. The van der Waals surface area contributed by atoms with Gasteiger partial charge in [0.15, 0.2) is 0 Å². The first-order valence-electron chi connectivity index (χ1n) is 10.7. The third-order valence-electron chi connectivity index (χ3n) is 5.39. The molecule has 0 saturated heterocycles. The van der Waals surface area contributed by atoms with Gasteiger partial charge in [0.1, 0.15) is 11.4 Å². The number of carbonyl (C=O) groups excluding carboxylic acids is 1. The van der Waals surface area contributed by atoms with E-state index in [1.807, 2.05) is 66.7 Å². The van der Waals surface area contributed by atoms with Crippen molar-refractivity contribution in [2.24, 2.45) is 0 Å². The van der Waals surface area contributed by atoms with Crippen molar-refractivity contribution in [3.63, 3.8) is 0 Å². The molecule has 1 N–H and O–H groups in total. The lowest BCUT2D eigenvalue weighted by molar-refractivity contribution is -0.121. The normalized spacial score (nSPS) is 10.8. The van der Waals surface area contributed by atoms with Crippen molar-refractivity contribution in [3.05, 3.63) is 105 Å². The lowest BCUT2D eigenvalue weighted by atomic mass is 10.1. The molecule has 0 aliphatic heterocycles. The second-order valence-corrected chi connectivity index (χ2v) is 8.13. The van der Waals surface area contributed by atoms with E-state index in [0.717, 1.165) is 22.4 Å². The fourth-order valence-electron chi connectivity index (χ4n) is 3.65. The van der Waals surface area contributed by atoms with Gasteiger partial charge in [-0.1, -0.05) is 48.0 Å². The van der Waals surface area contributed by atoms with Crippen molar-refractivity contribution >= 4 is 28.5 Å². The van der Waals surface area contributed by atoms with Gasteiger partial charge in [-0.05, 0) is 47.5 Å². The van der Waals surface area contributed by atoms with Gasteiger partial charge in [0.25, 0.3) is 5.56 Å². The van der Waals surface area contributed by atoms with Crippen molar-refractivity contribution in [2.45, 2.75) is 25.9 Å². The summed E-state index contributed by atoms with van der Waals surface area (Å²) in [6, 6.07) is 22.4. The first-order valence-corrected chi connectivity index (χ1v) is 11.0. The van der Waals surface area contributed by atoms with Crippen molar-refractivity contribution in [1.82, 2.24) is 14.9 Å². The molecule has 0 unspecified atom stereocenters. The Balaban J connectivity index is 1.49. The van der Waals surface area contributed by atoms with Gasteiger partial charge in [0.2, 0.25) is 5.91 Å². The van der Waals surface area contributed by atoms with Gasteiger partial charge in [-0.3, -0.25) is 9.59 Å². The largest absolute Gasteiger partial charge is 0.497 e. The number of amides is 1. The Kier molecular flexibility index (Phi) is 7.05. The van der Waals surface area contributed by atoms with E-state index in [4.69, 9.17) is 16.3 Å². The van der Waals surface area contributed by atoms with Crippen molar-refractivity contribution < 1.29 is 9.53 Å². The van der Waals surface area contributed by atoms with Crippen LogP contribution in [0, 0.1) is 0 Å². The summed E-state index contributed by atoms with van der Waals surface area (Å²) in [4.78, 5) is 30.2. The van der Waals surface area contributed by atoms with E-state index < -0.39 is 0 Å². The molecule has 1 aromatic heterocycles. The molecule has 6 nitrogen and oxygen atoms in total. The number of aromatic nitrogens is 2.